The van der Waals surface area contributed by atoms with Crippen LogP contribution in [0.2, 0.25) is 0 Å². The van der Waals surface area contributed by atoms with Crippen LogP contribution in [0.25, 0.3) is 11.0 Å². The van der Waals surface area contributed by atoms with E-state index in [0.717, 1.165) is 33.7 Å². The van der Waals surface area contributed by atoms with Crippen LogP contribution < -0.4 is 16.0 Å². The van der Waals surface area contributed by atoms with Crippen LogP contribution in [0.3, 0.4) is 0 Å². The van der Waals surface area contributed by atoms with Crippen molar-refractivity contribution in [2.24, 2.45) is 11.1 Å². The number of aromatic nitrogens is 3. The van der Waals surface area contributed by atoms with E-state index < -0.39 is 11.6 Å². The maximum Gasteiger partial charge on any atom is 0.309 e. The zero-order valence-corrected chi connectivity index (χ0v) is 20.3. The van der Waals surface area contributed by atoms with E-state index in [4.69, 9.17) is 10.5 Å². The fourth-order valence-corrected chi connectivity index (χ4v) is 5.35. The maximum absolute atomic E-state index is 14.2. The van der Waals surface area contributed by atoms with E-state index in [0.29, 0.717) is 50.9 Å². The Balaban J connectivity index is 1.32. The van der Waals surface area contributed by atoms with Crippen molar-refractivity contribution >= 4 is 34.4 Å². The van der Waals surface area contributed by atoms with Gasteiger partial charge in [0.2, 0.25) is 5.91 Å². The number of piperidine rings is 1. The number of H-pyrrole nitrogens is 1. The van der Waals surface area contributed by atoms with Crippen molar-refractivity contribution in [1.29, 1.82) is 0 Å². The number of methoxy groups -OCH3 is 1. The van der Waals surface area contributed by atoms with Crippen LogP contribution >= 0.6 is 0 Å². The number of ether oxygens (including phenoxy) is 1. The molecule has 9 nitrogen and oxygen atoms in total. The van der Waals surface area contributed by atoms with Gasteiger partial charge in [-0.05, 0) is 48.9 Å². The zero-order chi connectivity index (χ0) is 25.3. The summed E-state index contributed by atoms with van der Waals surface area (Å²) in [6.45, 7) is 1.41. The van der Waals surface area contributed by atoms with Crippen LogP contribution in [0.5, 0.6) is 0 Å². The molecular formula is C26H31FN6O3. The lowest BCUT2D eigenvalue weighted by Crippen LogP contribution is -2.50. The Kier molecular flexibility index (Phi) is 6.61. The Morgan fingerprint density at radius 2 is 2.11 bits per heavy atom. The number of fused-ring (bicyclic) bond motifs is 3. The van der Waals surface area contributed by atoms with Crippen LogP contribution in [0, 0.1) is 5.41 Å². The summed E-state index contributed by atoms with van der Waals surface area (Å²) in [5, 5.41) is 3.89. The number of hydrogen-bond acceptors (Lipinski definition) is 7. The molecule has 0 saturated carbocycles. The van der Waals surface area contributed by atoms with Gasteiger partial charge in [-0.3, -0.25) is 9.59 Å². The SMILES string of the molecule is COC(=O)Cc1cccc(NC(=O)C2(CN)CCN(c3ncnc4[nH]c5c(c34)CC(F)CC5)CC2)c1. The number of nitrogens with zero attached hydrogens (tertiary/aromatic N) is 3. The van der Waals surface area contributed by atoms with Crippen molar-refractivity contribution in [3.05, 3.63) is 47.4 Å². The van der Waals surface area contributed by atoms with E-state index in [1.54, 1.807) is 18.2 Å². The summed E-state index contributed by atoms with van der Waals surface area (Å²) in [5.41, 5.74) is 9.57. The lowest BCUT2D eigenvalue weighted by atomic mass is 9.77. The minimum absolute atomic E-state index is 0.132. The first-order chi connectivity index (χ1) is 17.4. The molecule has 36 heavy (non-hydrogen) atoms. The predicted octanol–water partition coefficient (Wildman–Crippen LogP) is 2.68. The van der Waals surface area contributed by atoms with Gasteiger partial charge < -0.3 is 25.7 Å². The molecule has 2 aliphatic rings. The minimum Gasteiger partial charge on any atom is -0.469 e. The number of halogens is 1. The van der Waals surface area contributed by atoms with Gasteiger partial charge in [-0.1, -0.05) is 12.1 Å². The lowest BCUT2D eigenvalue weighted by molar-refractivity contribution is -0.139. The molecule has 190 valence electrons. The number of aromatic amines is 1. The van der Waals surface area contributed by atoms with Crippen molar-refractivity contribution in [3.8, 4) is 0 Å². The first-order valence-electron chi connectivity index (χ1n) is 12.3. The molecule has 1 fully saturated rings. The smallest absolute Gasteiger partial charge is 0.309 e. The molecule has 1 aliphatic heterocycles. The summed E-state index contributed by atoms with van der Waals surface area (Å²) in [6, 6.07) is 7.18. The maximum atomic E-state index is 14.2. The molecule has 3 heterocycles. The molecule has 1 saturated heterocycles. The van der Waals surface area contributed by atoms with Crippen molar-refractivity contribution < 1.29 is 18.7 Å². The van der Waals surface area contributed by atoms with Crippen molar-refractivity contribution in [1.82, 2.24) is 15.0 Å². The number of alkyl halides is 1. The topological polar surface area (TPSA) is 126 Å². The number of rotatable bonds is 6. The summed E-state index contributed by atoms with van der Waals surface area (Å²) >= 11 is 0. The second-order valence-corrected chi connectivity index (χ2v) is 9.72. The Labute approximate surface area is 208 Å². The van der Waals surface area contributed by atoms with E-state index in [1.165, 1.54) is 13.4 Å². The molecule has 0 spiro atoms. The normalized spacial score (nSPS) is 19.1. The molecule has 1 atom stereocenters. The summed E-state index contributed by atoms with van der Waals surface area (Å²) in [7, 11) is 1.35. The Bertz CT molecular complexity index is 1280. The molecule has 2 aromatic heterocycles. The molecule has 4 N–H and O–H groups in total. The summed E-state index contributed by atoms with van der Waals surface area (Å²) in [5.74, 6) is 0.314. The number of anilines is 2. The lowest BCUT2D eigenvalue weighted by Gasteiger charge is -2.40. The molecule has 0 bridgehead atoms. The van der Waals surface area contributed by atoms with E-state index in [1.807, 2.05) is 6.07 Å². The first-order valence-corrected chi connectivity index (χ1v) is 12.3. The van der Waals surface area contributed by atoms with E-state index in [-0.39, 0.29) is 24.8 Å². The highest BCUT2D eigenvalue weighted by molar-refractivity contribution is 5.96. The van der Waals surface area contributed by atoms with Crippen LogP contribution in [0.1, 0.15) is 36.1 Å². The summed E-state index contributed by atoms with van der Waals surface area (Å²) < 4.78 is 18.9. The fourth-order valence-electron chi connectivity index (χ4n) is 5.35. The number of hydrogen-bond donors (Lipinski definition) is 3. The highest BCUT2D eigenvalue weighted by atomic mass is 19.1. The molecule has 0 radical (unpaired) electrons. The van der Waals surface area contributed by atoms with Gasteiger partial charge in [0.15, 0.2) is 0 Å². The zero-order valence-electron chi connectivity index (χ0n) is 20.3. The standard InChI is InChI=1S/C26H31FN6O3/c1-36-21(34)12-16-3-2-4-18(11-16)31-25(35)26(14-28)7-9-33(10-8-26)24-22-19-13-17(27)5-6-20(19)32-23(22)29-15-30-24/h2-4,11,15,17H,5-10,12-14,28H2,1H3,(H,31,35)(H,29,30,32). The first kappa shape index (κ1) is 24.2. The number of carbonyl (C=O) groups is 2. The molecule has 5 rings (SSSR count). The molecular weight excluding hydrogens is 463 g/mol. The van der Waals surface area contributed by atoms with Crippen molar-refractivity contribution in [3.63, 3.8) is 0 Å². The number of benzene rings is 1. The number of carbonyl (C=O) groups excluding carboxylic acids is 2. The molecule has 1 amide bonds. The average molecular weight is 495 g/mol. The number of nitrogens with two attached hydrogens (primary N) is 1. The van der Waals surface area contributed by atoms with Crippen LogP contribution in [0.4, 0.5) is 15.9 Å². The van der Waals surface area contributed by atoms with Crippen molar-refractivity contribution in [2.75, 3.05) is 37.0 Å². The van der Waals surface area contributed by atoms with Crippen molar-refractivity contribution in [2.45, 2.75) is 44.7 Å². The highest BCUT2D eigenvalue weighted by Crippen LogP contribution is 2.38. The van der Waals surface area contributed by atoms with Gasteiger partial charge in [0.25, 0.3) is 0 Å². The monoisotopic (exact) mass is 494 g/mol. The highest BCUT2D eigenvalue weighted by Gasteiger charge is 2.41. The van der Waals surface area contributed by atoms with Gasteiger partial charge in [-0.15, -0.1) is 0 Å². The van der Waals surface area contributed by atoms with E-state index in [9.17, 15) is 14.0 Å². The fraction of sp³-hybridized carbons (Fsp3) is 0.462. The Morgan fingerprint density at radius 3 is 2.86 bits per heavy atom. The number of esters is 1. The second-order valence-electron chi connectivity index (χ2n) is 9.72. The summed E-state index contributed by atoms with van der Waals surface area (Å²) in [6.07, 6.45) is 3.48. The van der Waals surface area contributed by atoms with Gasteiger partial charge in [-0.2, -0.15) is 0 Å². The minimum atomic E-state index is -0.856. The third-order valence-corrected chi connectivity index (χ3v) is 7.55. The Hall–Kier alpha value is -3.53. The van der Waals surface area contributed by atoms with Gasteiger partial charge in [0.05, 0.1) is 24.3 Å². The Morgan fingerprint density at radius 1 is 1.31 bits per heavy atom. The molecule has 1 unspecified atom stereocenters. The molecule has 1 aromatic carbocycles. The third-order valence-electron chi connectivity index (χ3n) is 7.55. The van der Waals surface area contributed by atoms with Gasteiger partial charge in [-0.25, -0.2) is 14.4 Å². The average Bonchev–Trinajstić information content (AvgIpc) is 3.27. The second kappa shape index (κ2) is 9.85. The van der Waals surface area contributed by atoms with Gasteiger partial charge in [0.1, 0.15) is 24.0 Å². The van der Waals surface area contributed by atoms with Crippen LogP contribution in [-0.2, 0) is 33.6 Å². The predicted molar refractivity (Wildman–Crippen MR) is 135 cm³/mol. The largest absolute Gasteiger partial charge is 0.469 e. The quantitative estimate of drug-likeness (QED) is 0.450. The molecule has 1 aliphatic carbocycles. The summed E-state index contributed by atoms with van der Waals surface area (Å²) in [4.78, 5) is 39.4. The van der Waals surface area contributed by atoms with E-state index >= 15 is 0 Å². The van der Waals surface area contributed by atoms with Gasteiger partial charge >= 0.3 is 5.97 Å². The number of nitrogens with one attached hydrogen (secondary N) is 2. The molecule has 10 heteroatoms. The molecule has 3 aromatic rings. The third kappa shape index (κ3) is 4.53. The number of amides is 1. The van der Waals surface area contributed by atoms with Crippen LogP contribution in [0.15, 0.2) is 30.6 Å². The number of aryl methyl sites for hydroxylation is 1. The van der Waals surface area contributed by atoms with Crippen LogP contribution in [-0.4, -0.2) is 59.7 Å². The van der Waals surface area contributed by atoms with Gasteiger partial charge in [0, 0.05) is 37.4 Å². The van der Waals surface area contributed by atoms with E-state index in [2.05, 4.69) is 25.2 Å².